The van der Waals surface area contributed by atoms with E-state index < -0.39 is 9.84 Å². The second-order valence-corrected chi connectivity index (χ2v) is 7.35. The lowest BCUT2D eigenvalue weighted by atomic mass is 10.2. The van der Waals surface area contributed by atoms with Crippen molar-refractivity contribution in [3.63, 3.8) is 0 Å². The van der Waals surface area contributed by atoms with Gasteiger partial charge in [-0.3, -0.25) is 0 Å². The largest absolute Gasteiger partial charge is 0.357 e. The average Bonchev–Trinajstić information content (AvgIpc) is 2.61. The molecule has 0 amide bonds. The first-order chi connectivity index (χ1) is 11.6. The summed E-state index contributed by atoms with van der Waals surface area (Å²) in [6.07, 6.45) is 0. The maximum atomic E-state index is 12.3. The van der Waals surface area contributed by atoms with Crippen LogP contribution in [-0.4, -0.2) is 33.2 Å². The van der Waals surface area contributed by atoms with Crippen LogP contribution >= 0.6 is 0 Å². The molecule has 2 rings (SSSR count). The molecule has 0 aliphatic heterocycles. The lowest BCUT2D eigenvalue weighted by Crippen LogP contribution is -2.39. The maximum absolute atomic E-state index is 12.3. The van der Waals surface area contributed by atoms with Crippen molar-refractivity contribution in [2.45, 2.75) is 18.4 Å². The Labute approximate surface area is 143 Å². The van der Waals surface area contributed by atoms with Gasteiger partial charge in [0.25, 0.3) is 0 Å². The van der Waals surface area contributed by atoms with Crippen LogP contribution in [0.2, 0.25) is 0 Å². The van der Waals surface area contributed by atoms with E-state index in [9.17, 15) is 8.42 Å². The van der Waals surface area contributed by atoms with E-state index in [1.165, 1.54) is 0 Å². The molecule has 24 heavy (non-hydrogen) atoms. The summed E-state index contributed by atoms with van der Waals surface area (Å²) >= 11 is 0. The van der Waals surface area contributed by atoms with Crippen molar-refractivity contribution in [1.82, 2.24) is 10.6 Å². The molecule has 0 aliphatic rings. The van der Waals surface area contributed by atoms with E-state index in [0.717, 1.165) is 5.56 Å². The Morgan fingerprint density at radius 2 is 1.58 bits per heavy atom. The molecule has 0 bridgehead atoms. The quantitative estimate of drug-likeness (QED) is 0.596. The second-order valence-electron chi connectivity index (χ2n) is 5.24. The smallest absolute Gasteiger partial charge is 0.191 e. The highest BCUT2D eigenvalue weighted by atomic mass is 32.2. The third-order valence-electron chi connectivity index (χ3n) is 3.37. The summed E-state index contributed by atoms with van der Waals surface area (Å²) in [5.74, 6) is 0.636. The van der Waals surface area contributed by atoms with E-state index in [4.69, 9.17) is 0 Å². The highest BCUT2D eigenvalue weighted by molar-refractivity contribution is 7.91. The summed E-state index contributed by atoms with van der Waals surface area (Å²) in [5.41, 5.74) is 1.10. The van der Waals surface area contributed by atoms with Gasteiger partial charge in [0.1, 0.15) is 0 Å². The molecule has 2 aromatic rings. The third kappa shape index (κ3) is 5.70. The second kappa shape index (κ2) is 9.08. The number of sulfone groups is 1. The van der Waals surface area contributed by atoms with Crippen LogP contribution in [0.3, 0.4) is 0 Å². The molecule has 0 radical (unpaired) electrons. The van der Waals surface area contributed by atoms with Crippen molar-refractivity contribution in [1.29, 1.82) is 0 Å². The lowest BCUT2D eigenvalue weighted by Gasteiger charge is -2.11. The highest BCUT2D eigenvalue weighted by Crippen LogP contribution is 2.09. The van der Waals surface area contributed by atoms with E-state index >= 15 is 0 Å². The van der Waals surface area contributed by atoms with E-state index in [1.54, 1.807) is 30.3 Å². The lowest BCUT2D eigenvalue weighted by molar-refractivity contribution is 0.594. The van der Waals surface area contributed by atoms with Crippen LogP contribution < -0.4 is 10.6 Å². The van der Waals surface area contributed by atoms with Gasteiger partial charge in [0.05, 0.1) is 17.2 Å². The molecule has 6 heteroatoms. The van der Waals surface area contributed by atoms with Gasteiger partial charge in [0.2, 0.25) is 0 Å². The van der Waals surface area contributed by atoms with Crippen LogP contribution in [0.5, 0.6) is 0 Å². The molecule has 0 unspecified atom stereocenters. The normalized spacial score (nSPS) is 12.0. The minimum atomic E-state index is -3.28. The first-order valence-electron chi connectivity index (χ1n) is 7.96. The molecule has 0 aliphatic carbocycles. The summed E-state index contributed by atoms with van der Waals surface area (Å²) in [5, 5.41) is 6.20. The molecule has 0 atom stereocenters. The summed E-state index contributed by atoms with van der Waals surface area (Å²) < 4.78 is 24.5. The number of nitrogens with one attached hydrogen (secondary N) is 2. The molecule has 128 valence electrons. The Balaban J connectivity index is 1.92. The molecule has 2 aromatic carbocycles. The van der Waals surface area contributed by atoms with Crippen molar-refractivity contribution >= 4 is 15.8 Å². The van der Waals surface area contributed by atoms with Crippen molar-refractivity contribution < 1.29 is 8.42 Å². The number of hydrogen-bond donors (Lipinski definition) is 2. The minimum absolute atomic E-state index is 0.0206. The van der Waals surface area contributed by atoms with E-state index in [0.29, 0.717) is 30.5 Å². The van der Waals surface area contributed by atoms with Crippen molar-refractivity contribution in [3.05, 3.63) is 66.2 Å². The SMILES string of the molecule is CCNC(=NCc1ccccc1)NCCS(=O)(=O)c1ccccc1. The Morgan fingerprint density at radius 1 is 0.958 bits per heavy atom. The van der Waals surface area contributed by atoms with Crippen LogP contribution in [0.1, 0.15) is 12.5 Å². The molecule has 2 N–H and O–H groups in total. The molecule has 5 nitrogen and oxygen atoms in total. The summed E-state index contributed by atoms with van der Waals surface area (Å²) in [6, 6.07) is 18.4. The van der Waals surface area contributed by atoms with Gasteiger partial charge in [-0.2, -0.15) is 0 Å². The number of rotatable bonds is 7. The Bertz CT molecular complexity index is 744. The molecule has 0 fully saturated rings. The molecule has 0 saturated carbocycles. The predicted octanol–water partition coefficient (Wildman–Crippen LogP) is 2.22. The molecular formula is C18H23N3O2S. The Hall–Kier alpha value is -2.34. The van der Waals surface area contributed by atoms with Gasteiger partial charge in [-0.05, 0) is 24.6 Å². The Kier molecular flexibility index (Phi) is 6.81. The standard InChI is InChI=1S/C18H23N3O2S/c1-2-19-18(21-15-16-9-5-3-6-10-16)20-13-14-24(22,23)17-11-7-4-8-12-17/h3-12H,2,13-15H2,1H3,(H2,19,20,21). The van der Waals surface area contributed by atoms with Crippen molar-refractivity contribution in [2.75, 3.05) is 18.8 Å². The fourth-order valence-electron chi connectivity index (χ4n) is 2.14. The van der Waals surface area contributed by atoms with Crippen LogP contribution in [0, 0.1) is 0 Å². The number of aliphatic imine (C=N–C) groups is 1. The van der Waals surface area contributed by atoms with E-state index in [-0.39, 0.29) is 5.75 Å². The number of guanidine groups is 1. The van der Waals surface area contributed by atoms with E-state index in [1.807, 2.05) is 37.3 Å². The monoisotopic (exact) mass is 345 g/mol. The van der Waals surface area contributed by atoms with Crippen LogP contribution in [-0.2, 0) is 16.4 Å². The van der Waals surface area contributed by atoms with Crippen LogP contribution in [0.15, 0.2) is 70.6 Å². The summed E-state index contributed by atoms with van der Waals surface area (Å²) in [6.45, 7) is 3.53. The van der Waals surface area contributed by atoms with Gasteiger partial charge in [-0.1, -0.05) is 48.5 Å². The topological polar surface area (TPSA) is 70.6 Å². The summed E-state index contributed by atoms with van der Waals surface area (Å²) in [7, 11) is -3.28. The first-order valence-corrected chi connectivity index (χ1v) is 9.61. The highest BCUT2D eigenvalue weighted by Gasteiger charge is 2.13. The zero-order valence-electron chi connectivity index (χ0n) is 13.8. The molecular weight excluding hydrogens is 322 g/mol. The number of nitrogens with zero attached hydrogens (tertiary/aromatic N) is 1. The van der Waals surface area contributed by atoms with Crippen molar-refractivity contribution in [2.24, 2.45) is 4.99 Å². The zero-order chi connectivity index (χ0) is 17.3. The predicted molar refractivity (Wildman–Crippen MR) is 97.8 cm³/mol. The van der Waals surface area contributed by atoms with Gasteiger partial charge in [0.15, 0.2) is 15.8 Å². The van der Waals surface area contributed by atoms with Gasteiger partial charge in [-0.25, -0.2) is 13.4 Å². The van der Waals surface area contributed by atoms with Gasteiger partial charge in [-0.15, -0.1) is 0 Å². The number of benzene rings is 2. The minimum Gasteiger partial charge on any atom is -0.357 e. The molecule has 0 heterocycles. The van der Waals surface area contributed by atoms with Gasteiger partial charge < -0.3 is 10.6 Å². The third-order valence-corrected chi connectivity index (χ3v) is 5.10. The molecule has 0 spiro atoms. The van der Waals surface area contributed by atoms with Gasteiger partial charge >= 0.3 is 0 Å². The van der Waals surface area contributed by atoms with Gasteiger partial charge in [0, 0.05) is 13.1 Å². The molecule has 0 aromatic heterocycles. The fraction of sp³-hybridized carbons (Fsp3) is 0.278. The average molecular weight is 345 g/mol. The first kappa shape index (κ1) is 18.0. The fourth-order valence-corrected chi connectivity index (χ4v) is 3.32. The summed E-state index contributed by atoms with van der Waals surface area (Å²) in [4.78, 5) is 4.82. The number of hydrogen-bond acceptors (Lipinski definition) is 3. The molecule has 0 saturated heterocycles. The zero-order valence-corrected chi connectivity index (χ0v) is 14.6. The van der Waals surface area contributed by atoms with E-state index in [2.05, 4.69) is 15.6 Å². The maximum Gasteiger partial charge on any atom is 0.191 e. The van der Waals surface area contributed by atoms with Crippen molar-refractivity contribution in [3.8, 4) is 0 Å². The van der Waals surface area contributed by atoms with Crippen LogP contribution in [0.25, 0.3) is 0 Å². The Morgan fingerprint density at radius 3 is 2.21 bits per heavy atom. The van der Waals surface area contributed by atoms with Crippen LogP contribution in [0.4, 0.5) is 0 Å².